The fourth-order valence-electron chi connectivity index (χ4n) is 1.50. The lowest BCUT2D eigenvalue weighted by atomic mass is 9.96. The maximum Gasteiger partial charge on any atom is 0.129 e. The Kier molecular flexibility index (Phi) is 2.26. The molecule has 0 bridgehead atoms. The van der Waals surface area contributed by atoms with Crippen molar-refractivity contribution in [2.75, 3.05) is 6.54 Å². The fraction of sp³-hybridized carbons (Fsp3) is 0.400. The molecule has 1 saturated heterocycles. The van der Waals surface area contributed by atoms with Crippen LogP contribution < -0.4 is 5.32 Å². The Morgan fingerprint density at radius 2 is 2.23 bits per heavy atom. The topological polar surface area (TPSA) is 12.0 Å². The lowest BCUT2D eigenvalue weighted by molar-refractivity contribution is 0.370. The van der Waals surface area contributed by atoms with E-state index in [1.165, 1.54) is 6.07 Å². The molecule has 0 saturated carbocycles. The van der Waals surface area contributed by atoms with Gasteiger partial charge in [0.1, 0.15) is 5.82 Å². The van der Waals surface area contributed by atoms with Crippen molar-refractivity contribution >= 4 is 11.6 Å². The maximum absolute atomic E-state index is 13.4. The monoisotopic (exact) mass is 199 g/mol. The van der Waals surface area contributed by atoms with Crippen molar-refractivity contribution in [1.82, 2.24) is 5.32 Å². The van der Waals surface area contributed by atoms with Gasteiger partial charge in [-0.1, -0.05) is 17.7 Å². The first kappa shape index (κ1) is 8.97. The summed E-state index contributed by atoms with van der Waals surface area (Å²) >= 11 is 5.79. The summed E-state index contributed by atoms with van der Waals surface area (Å²) < 4.78 is 13.4. The SMILES string of the molecule is Cc1cc([C@H]2CCN2)c(F)cc1Cl. The molecule has 13 heavy (non-hydrogen) atoms. The Morgan fingerprint density at radius 1 is 1.54 bits per heavy atom. The highest BCUT2D eigenvalue weighted by molar-refractivity contribution is 6.31. The third kappa shape index (κ3) is 1.56. The molecule has 1 aliphatic heterocycles. The predicted octanol–water partition coefficient (Wildman–Crippen LogP) is 2.82. The van der Waals surface area contributed by atoms with Crippen molar-refractivity contribution < 1.29 is 4.39 Å². The predicted molar refractivity (Wildman–Crippen MR) is 51.5 cm³/mol. The fourth-order valence-corrected chi connectivity index (χ4v) is 1.65. The van der Waals surface area contributed by atoms with Crippen molar-refractivity contribution in [3.05, 3.63) is 34.1 Å². The molecule has 1 nitrogen and oxygen atoms in total. The van der Waals surface area contributed by atoms with E-state index in [9.17, 15) is 4.39 Å². The van der Waals surface area contributed by atoms with Crippen LogP contribution in [-0.4, -0.2) is 6.54 Å². The summed E-state index contributed by atoms with van der Waals surface area (Å²) in [7, 11) is 0. The van der Waals surface area contributed by atoms with E-state index in [0.717, 1.165) is 24.1 Å². The summed E-state index contributed by atoms with van der Waals surface area (Å²) in [5, 5.41) is 3.67. The number of benzene rings is 1. The van der Waals surface area contributed by atoms with Gasteiger partial charge in [0.15, 0.2) is 0 Å². The zero-order valence-electron chi connectivity index (χ0n) is 7.40. The molecule has 1 aromatic rings. The van der Waals surface area contributed by atoms with Gasteiger partial charge in [0.05, 0.1) is 0 Å². The van der Waals surface area contributed by atoms with Crippen molar-refractivity contribution in [1.29, 1.82) is 0 Å². The van der Waals surface area contributed by atoms with E-state index in [1.54, 1.807) is 0 Å². The highest BCUT2D eigenvalue weighted by Gasteiger charge is 2.22. The molecule has 1 aliphatic rings. The van der Waals surface area contributed by atoms with Gasteiger partial charge in [-0.15, -0.1) is 0 Å². The van der Waals surface area contributed by atoms with Crippen LogP contribution in [0.5, 0.6) is 0 Å². The molecule has 0 aromatic heterocycles. The van der Waals surface area contributed by atoms with E-state index in [2.05, 4.69) is 5.32 Å². The van der Waals surface area contributed by atoms with Crippen LogP contribution in [0.1, 0.15) is 23.6 Å². The quantitative estimate of drug-likeness (QED) is 0.734. The van der Waals surface area contributed by atoms with Gasteiger partial charge in [0, 0.05) is 16.6 Å². The molecule has 1 atom stereocenters. The lowest BCUT2D eigenvalue weighted by Gasteiger charge is -2.28. The molecule has 2 rings (SSSR count). The minimum atomic E-state index is -0.201. The van der Waals surface area contributed by atoms with Crippen LogP contribution in [0.3, 0.4) is 0 Å². The third-order valence-corrected chi connectivity index (χ3v) is 2.88. The summed E-state index contributed by atoms with van der Waals surface area (Å²) in [6.45, 7) is 2.87. The first-order valence-corrected chi connectivity index (χ1v) is 4.75. The molecule has 1 fully saturated rings. The summed E-state index contributed by atoms with van der Waals surface area (Å²) in [6, 6.07) is 3.41. The zero-order valence-corrected chi connectivity index (χ0v) is 8.16. The van der Waals surface area contributed by atoms with Crippen molar-refractivity contribution in [2.45, 2.75) is 19.4 Å². The van der Waals surface area contributed by atoms with E-state index in [1.807, 2.05) is 13.0 Å². The van der Waals surface area contributed by atoms with E-state index in [-0.39, 0.29) is 11.9 Å². The van der Waals surface area contributed by atoms with Gasteiger partial charge in [-0.3, -0.25) is 0 Å². The number of nitrogens with one attached hydrogen (secondary N) is 1. The average Bonchev–Trinajstić information content (AvgIpc) is 1.96. The van der Waals surface area contributed by atoms with Crippen LogP contribution in [0, 0.1) is 12.7 Å². The van der Waals surface area contributed by atoms with Gasteiger partial charge in [0.25, 0.3) is 0 Å². The van der Waals surface area contributed by atoms with Crippen LogP contribution in [0.2, 0.25) is 5.02 Å². The molecule has 0 spiro atoms. The highest BCUT2D eigenvalue weighted by Crippen LogP contribution is 2.29. The molecule has 0 unspecified atom stereocenters. The summed E-state index contributed by atoms with van der Waals surface area (Å²) in [5.74, 6) is -0.201. The van der Waals surface area contributed by atoms with Gasteiger partial charge in [-0.25, -0.2) is 4.39 Å². The molecule has 3 heteroatoms. The second kappa shape index (κ2) is 3.28. The molecule has 0 amide bonds. The van der Waals surface area contributed by atoms with E-state index in [4.69, 9.17) is 11.6 Å². The Labute approximate surface area is 81.9 Å². The van der Waals surface area contributed by atoms with Crippen molar-refractivity contribution in [3.63, 3.8) is 0 Å². The van der Waals surface area contributed by atoms with Crippen LogP contribution >= 0.6 is 11.6 Å². The van der Waals surface area contributed by atoms with Crippen LogP contribution in [0.4, 0.5) is 4.39 Å². The number of halogens is 2. The first-order chi connectivity index (χ1) is 6.18. The zero-order chi connectivity index (χ0) is 9.42. The molecule has 1 heterocycles. The maximum atomic E-state index is 13.4. The van der Waals surface area contributed by atoms with Crippen molar-refractivity contribution in [2.24, 2.45) is 0 Å². The number of rotatable bonds is 1. The van der Waals surface area contributed by atoms with Gasteiger partial charge >= 0.3 is 0 Å². The van der Waals surface area contributed by atoms with Gasteiger partial charge in [0.2, 0.25) is 0 Å². The third-order valence-electron chi connectivity index (χ3n) is 2.48. The minimum absolute atomic E-state index is 0.191. The standard InChI is InChI=1S/C10H11ClFN/c1-6-4-7(10-2-3-13-10)9(12)5-8(6)11/h4-5,10,13H,2-3H2,1H3/t10-/m1/s1. The average molecular weight is 200 g/mol. The Morgan fingerprint density at radius 3 is 2.77 bits per heavy atom. The molecule has 1 aromatic carbocycles. The first-order valence-electron chi connectivity index (χ1n) is 4.37. The van der Waals surface area contributed by atoms with Crippen LogP contribution in [0.15, 0.2) is 12.1 Å². The summed E-state index contributed by atoms with van der Waals surface area (Å²) in [4.78, 5) is 0. The number of hydrogen-bond donors (Lipinski definition) is 1. The number of hydrogen-bond acceptors (Lipinski definition) is 1. The number of aryl methyl sites for hydroxylation is 1. The summed E-state index contributed by atoms with van der Waals surface area (Å²) in [5.41, 5.74) is 1.68. The Hall–Kier alpha value is -0.600. The smallest absolute Gasteiger partial charge is 0.129 e. The Balaban J connectivity index is 2.39. The molecule has 0 radical (unpaired) electrons. The van der Waals surface area contributed by atoms with Gasteiger partial charge in [-0.05, 0) is 31.5 Å². The van der Waals surface area contributed by atoms with Crippen molar-refractivity contribution in [3.8, 4) is 0 Å². The highest BCUT2D eigenvalue weighted by atomic mass is 35.5. The molecular formula is C10H11ClFN. The largest absolute Gasteiger partial charge is 0.310 e. The van der Waals surface area contributed by atoms with E-state index >= 15 is 0 Å². The van der Waals surface area contributed by atoms with Gasteiger partial charge in [-0.2, -0.15) is 0 Å². The van der Waals surface area contributed by atoms with E-state index in [0.29, 0.717) is 5.02 Å². The Bertz CT molecular complexity index is 334. The van der Waals surface area contributed by atoms with Gasteiger partial charge < -0.3 is 5.32 Å². The van der Waals surface area contributed by atoms with Crippen LogP contribution in [0.25, 0.3) is 0 Å². The van der Waals surface area contributed by atoms with E-state index < -0.39 is 0 Å². The normalized spacial score (nSPS) is 21.3. The second-order valence-electron chi connectivity index (χ2n) is 3.42. The summed E-state index contributed by atoms with van der Waals surface area (Å²) in [6.07, 6.45) is 1.01. The molecular weight excluding hydrogens is 189 g/mol. The molecule has 1 N–H and O–H groups in total. The lowest BCUT2D eigenvalue weighted by Crippen LogP contribution is -2.35. The second-order valence-corrected chi connectivity index (χ2v) is 3.83. The molecule has 70 valence electrons. The van der Waals surface area contributed by atoms with Crippen LogP contribution in [-0.2, 0) is 0 Å². The minimum Gasteiger partial charge on any atom is -0.310 e. The molecule has 0 aliphatic carbocycles.